The molecule has 1 saturated heterocycles. The summed E-state index contributed by atoms with van der Waals surface area (Å²) in [5, 5.41) is 19.9. The van der Waals surface area contributed by atoms with E-state index in [4.69, 9.17) is 32.9 Å². The minimum absolute atomic E-state index is 0.0917. The Morgan fingerprint density at radius 3 is 2.40 bits per heavy atom. The highest BCUT2D eigenvalue weighted by molar-refractivity contribution is 6.39. The van der Waals surface area contributed by atoms with Crippen LogP contribution in [0.5, 0.6) is 5.88 Å². The molecule has 6 rings (SSSR count). The van der Waals surface area contributed by atoms with Crippen molar-refractivity contribution in [3.63, 3.8) is 0 Å². The van der Waals surface area contributed by atoms with Gasteiger partial charge in [0.05, 0.1) is 34.6 Å². The summed E-state index contributed by atoms with van der Waals surface area (Å²) in [6.07, 6.45) is 2.63. The molecule has 2 aromatic carbocycles. The van der Waals surface area contributed by atoms with Gasteiger partial charge < -0.3 is 25.8 Å². The van der Waals surface area contributed by atoms with E-state index in [-0.39, 0.29) is 17.5 Å². The van der Waals surface area contributed by atoms with Crippen molar-refractivity contribution in [3.05, 3.63) is 105 Å². The van der Waals surface area contributed by atoms with Gasteiger partial charge in [0.1, 0.15) is 5.65 Å². The molecule has 4 heterocycles. The van der Waals surface area contributed by atoms with Crippen molar-refractivity contribution in [2.45, 2.75) is 45.0 Å². The fourth-order valence-corrected chi connectivity index (χ4v) is 6.52. The standard InChI is InChI=1S/C36H36Cl2N6O4/c1-21(45)16-39-19-25-15-33(47)44-20-23(10-13-31(44)41-25)26-5-3-6-27(34(26)37)28-7-4-8-29(35(28)38)30-12-9-22(36(43-30)48-2)17-40-18-24-11-14-32(46)42-24/h3-10,12-13,15,20-21,24,39-40,45H,11,14,16-19H2,1-2H3,(H,42,46). The molecule has 1 fully saturated rings. The molecular weight excluding hydrogens is 651 g/mol. The van der Waals surface area contributed by atoms with Gasteiger partial charge in [-0.15, -0.1) is 0 Å². The van der Waals surface area contributed by atoms with E-state index in [2.05, 4.69) is 20.9 Å². The van der Waals surface area contributed by atoms with Gasteiger partial charge in [-0.05, 0) is 31.5 Å². The van der Waals surface area contributed by atoms with E-state index in [1.807, 2.05) is 54.6 Å². The maximum atomic E-state index is 13.0. The number of fused-ring (bicyclic) bond motifs is 1. The van der Waals surface area contributed by atoms with Crippen LogP contribution in [0.2, 0.25) is 10.0 Å². The lowest BCUT2D eigenvalue weighted by atomic mass is 9.97. The molecule has 3 aromatic heterocycles. The number of carbonyl (C=O) groups excluding carboxylic acids is 1. The lowest BCUT2D eigenvalue weighted by molar-refractivity contribution is -0.119. The maximum absolute atomic E-state index is 13.0. The van der Waals surface area contributed by atoms with E-state index in [9.17, 15) is 14.7 Å². The van der Waals surface area contributed by atoms with Crippen molar-refractivity contribution in [2.24, 2.45) is 0 Å². The Kier molecular flexibility index (Phi) is 10.4. The first-order chi connectivity index (χ1) is 23.2. The van der Waals surface area contributed by atoms with Crippen molar-refractivity contribution in [3.8, 4) is 39.4 Å². The predicted molar refractivity (Wildman–Crippen MR) is 188 cm³/mol. The van der Waals surface area contributed by atoms with Crippen molar-refractivity contribution in [1.29, 1.82) is 0 Å². The highest BCUT2D eigenvalue weighted by Crippen LogP contribution is 2.42. The topological polar surface area (TPSA) is 130 Å². The quantitative estimate of drug-likeness (QED) is 0.140. The number of aliphatic hydroxyl groups is 1. The number of aromatic nitrogens is 3. The first-order valence-corrected chi connectivity index (χ1v) is 16.5. The summed E-state index contributed by atoms with van der Waals surface area (Å²) >= 11 is 14.1. The minimum Gasteiger partial charge on any atom is -0.481 e. The summed E-state index contributed by atoms with van der Waals surface area (Å²) in [4.78, 5) is 33.9. The molecule has 5 aromatic rings. The largest absolute Gasteiger partial charge is 0.481 e. The van der Waals surface area contributed by atoms with Gasteiger partial charge in [-0.3, -0.25) is 14.0 Å². The van der Waals surface area contributed by atoms with Gasteiger partial charge in [0.15, 0.2) is 0 Å². The average Bonchev–Trinajstić information content (AvgIpc) is 3.49. The molecule has 4 N–H and O–H groups in total. The second-order valence-corrected chi connectivity index (χ2v) is 12.6. The van der Waals surface area contributed by atoms with Crippen LogP contribution in [0.1, 0.15) is 31.0 Å². The second kappa shape index (κ2) is 14.8. The van der Waals surface area contributed by atoms with Crippen LogP contribution in [0, 0.1) is 0 Å². The number of rotatable bonds is 12. The molecule has 0 spiro atoms. The molecule has 0 bridgehead atoms. The van der Waals surface area contributed by atoms with Gasteiger partial charge in [0.25, 0.3) is 5.56 Å². The summed E-state index contributed by atoms with van der Waals surface area (Å²) in [6.45, 7) is 3.68. The van der Waals surface area contributed by atoms with E-state index in [1.165, 1.54) is 10.5 Å². The molecule has 0 saturated carbocycles. The fraction of sp³-hybridized carbons (Fsp3) is 0.278. The van der Waals surface area contributed by atoms with Crippen LogP contribution >= 0.6 is 23.2 Å². The lowest BCUT2D eigenvalue weighted by Gasteiger charge is -2.16. The van der Waals surface area contributed by atoms with Gasteiger partial charge in [-0.2, -0.15) is 0 Å². The summed E-state index contributed by atoms with van der Waals surface area (Å²) in [6, 6.07) is 20.6. The van der Waals surface area contributed by atoms with Crippen molar-refractivity contribution in [2.75, 3.05) is 20.2 Å². The molecular formula is C36H36Cl2N6O4. The number of halogens is 2. The molecule has 2 unspecified atom stereocenters. The maximum Gasteiger partial charge on any atom is 0.258 e. The summed E-state index contributed by atoms with van der Waals surface area (Å²) < 4.78 is 7.13. The molecule has 1 aliphatic heterocycles. The molecule has 0 aliphatic carbocycles. The number of nitrogens with zero attached hydrogens (tertiary/aromatic N) is 3. The normalized spacial score (nSPS) is 15.1. The predicted octanol–water partition coefficient (Wildman–Crippen LogP) is 5.24. The smallest absolute Gasteiger partial charge is 0.258 e. The fourth-order valence-electron chi connectivity index (χ4n) is 5.85. The van der Waals surface area contributed by atoms with Gasteiger partial charge in [-0.25, -0.2) is 9.97 Å². The van der Waals surface area contributed by atoms with E-state index >= 15 is 0 Å². The van der Waals surface area contributed by atoms with E-state index in [1.54, 1.807) is 26.3 Å². The minimum atomic E-state index is -0.494. The van der Waals surface area contributed by atoms with E-state index in [0.717, 1.165) is 39.8 Å². The SMILES string of the molecule is COc1nc(-c2cccc(-c3cccc(-c4ccc5nc(CNCC(C)O)cc(=O)n5c4)c3Cl)c2Cl)ccc1CNCC1CCC(=O)N1. The zero-order valence-corrected chi connectivity index (χ0v) is 28.1. The highest BCUT2D eigenvalue weighted by Gasteiger charge is 2.21. The van der Waals surface area contributed by atoms with Crippen LogP contribution in [-0.2, 0) is 17.9 Å². The molecule has 1 aliphatic rings. The zero-order chi connectivity index (χ0) is 33.8. The number of hydrogen-bond acceptors (Lipinski definition) is 8. The van der Waals surface area contributed by atoms with Crippen molar-refractivity contribution < 1.29 is 14.6 Å². The summed E-state index contributed by atoms with van der Waals surface area (Å²) in [5.74, 6) is 0.579. The molecule has 12 heteroatoms. The molecule has 1 amide bonds. The number of amides is 1. The Bertz CT molecular complexity index is 2030. The number of nitrogens with one attached hydrogen (secondary N) is 3. The number of hydrogen-bond donors (Lipinski definition) is 4. The summed E-state index contributed by atoms with van der Waals surface area (Å²) in [7, 11) is 1.59. The summed E-state index contributed by atoms with van der Waals surface area (Å²) in [5.41, 5.74) is 6.11. The van der Waals surface area contributed by atoms with Gasteiger partial charge in [0.2, 0.25) is 11.8 Å². The van der Waals surface area contributed by atoms with Crippen LogP contribution in [0.15, 0.2) is 77.7 Å². The van der Waals surface area contributed by atoms with Crippen LogP contribution < -0.4 is 26.2 Å². The van der Waals surface area contributed by atoms with Crippen LogP contribution in [0.3, 0.4) is 0 Å². The van der Waals surface area contributed by atoms with E-state index in [0.29, 0.717) is 65.6 Å². The second-order valence-electron chi connectivity index (χ2n) is 11.8. The molecule has 2 atom stereocenters. The number of ether oxygens (including phenoxy) is 1. The van der Waals surface area contributed by atoms with E-state index < -0.39 is 6.10 Å². The third-order valence-corrected chi connectivity index (χ3v) is 9.07. The first kappa shape index (κ1) is 33.6. The number of pyridine rings is 2. The number of methoxy groups -OCH3 is 1. The zero-order valence-electron chi connectivity index (χ0n) is 26.6. The number of benzene rings is 2. The van der Waals surface area contributed by atoms with Crippen molar-refractivity contribution in [1.82, 2.24) is 30.3 Å². The van der Waals surface area contributed by atoms with Gasteiger partial charge >= 0.3 is 0 Å². The Labute approximate surface area is 288 Å². The average molecular weight is 688 g/mol. The molecule has 10 nitrogen and oxygen atoms in total. The number of carbonyl (C=O) groups is 1. The van der Waals surface area contributed by atoms with Crippen LogP contribution in [0.4, 0.5) is 0 Å². The molecule has 48 heavy (non-hydrogen) atoms. The number of aliphatic hydroxyl groups excluding tert-OH is 1. The van der Waals surface area contributed by atoms with Crippen LogP contribution in [-0.4, -0.2) is 57.7 Å². The third kappa shape index (κ3) is 7.38. The monoisotopic (exact) mass is 686 g/mol. The van der Waals surface area contributed by atoms with Crippen molar-refractivity contribution >= 4 is 34.8 Å². The highest BCUT2D eigenvalue weighted by atomic mass is 35.5. The van der Waals surface area contributed by atoms with Crippen LogP contribution in [0.25, 0.3) is 39.2 Å². The molecule has 248 valence electrons. The third-order valence-electron chi connectivity index (χ3n) is 8.26. The Morgan fingerprint density at radius 1 is 0.958 bits per heavy atom. The Morgan fingerprint density at radius 2 is 1.69 bits per heavy atom. The molecule has 0 radical (unpaired) electrons. The Hall–Kier alpha value is -4.32. The van der Waals surface area contributed by atoms with Gasteiger partial charge in [-0.1, -0.05) is 65.7 Å². The van der Waals surface area contributed by atoms with Gasteiger partial charge in [0, 0.05) is 84.3 Å². The lowest BCUT2D eigenvalue weighted by Crippen LogP contribution is -2.35. The first-order valence-electron chi connectivity index (χ1n) is 15.7. The Balaban J connectivity index is 1.26.